The molecule has 2 heterocycles. The van der Waals surface area contributed by atoms with Crippen molar-refractivity contribution < 1.29 is 9.53 Å². The van der Waals surface area contributed by atoms with Crippen molar-refractivity contribution in [2.24, 2.45) is 0 Å². The number of ether oxygens (including phenoxy) is 1. The number of nitrogens with zero attached hydrogens (tertiary/aromatic N) is 4. The molecule has 7 heteroatoms. The number of para-hydroxylation sites is 1. The van der Waals surface area contributed by atoms with Gasteiger partial charge in [-0.05, 0) is 30.3 Å². The third-order valence-corrected chi connectivity index (χ3v) is 3.86. The van der Waals surface area contributed by atoms with Gasteiger partial charge in [0, 0.05) is 18.1 Å². The van der Waals surface area contributed by atoms with Crippen LogP contribution in [-0.2, 0) is 0 Å². The van der Waals surface area contributed by atoms with E-state index in [0.717, 1.165) is 11.2 Å². The molecule has 7 nitrogen and oxygen atoms in total. The standard InChI is InChI=1S/C19H15N5O2/c1-26-17-12-24(14-5-3-2-4-6-14)23-18(17)19(25)22-13-7-8-15-16(11-13)21-10-9-20-15/h2-12H,1H3,(H,22,25). The molecule has 2 aromatic carbocycles. The highest BCUT2D eigenvalue weighted by molar-refractivity contribution is 6.05. The van der Waals surface area contributed by atoms with Gasteiger partial charge in [-0.3, -0.25) is 14.8 Å². The summed E-state index contributed by atoms with van der Waals surface area (Å²) in [5, 5.41) is 7.19. The number of amides is 1. The Hall–Kier alpha value is -3.74. The van der Waals surface area contributed by atoms with Crippen LogP contribution in [0.1, 0.15) is 10.5 Å². The van der Waals surface area contributed by atoms with Crippen LogP contribution in [0.3, 0.4) is 0 Å². The van der Waals surface area contributed by atoms with E-state index in [1.807, 2.05) is 30.3 Å². The average molecular weight is 345 g/mol. The van der Waals surface area contributed by atoms with E-state index in [9.17, 15) is 4.79 Å². The Labute approximate surface area is 149 Å². The van der Waals surface area contributed by atoms with Crippen molar-refractivity contribution in [1.29, 1.82) is 0 Å². The molecule has 0 atom stereocenters. The Balaban J connectivity index is 1.63. The van der Waals surface area contributed by atoms with E-state index < -0.39 is 0 Å². The maximum absolute atomic E-state index is 12.7. The molecule has 0 aliphatic rings. The van der Waals surface area contributed by atoms with Gasteiger partial charge in [0.15, 0.2) is 11.4 Å². The summed E-state index contributed by atoms with van der Waals surface area (Å²) in [7, 11) is 1.51. The number of fused-ring (bicyclic) bond motifs is 1. The van der Waals surface area contributed by atoms with Gasteiger partial charge in [-0.1, -0.05) is 18.2 Å². The van der Waals surface area contributed by atoms with Gasteiger partial charge in [0.1, 0.15) is 0 Å². The number of carbonyl (C=O) groups excluding carboxylic acids is 1. The Morgan fingerprint density at radius 2 is 1.81 bits per heavy atom. The number of aromatic nitrogens is 4. The van der Waals surface area contributed by atoms with Crippen molar-refractivity contribution in [3.05, 3.63) is 72.8 Å². The number of rotatable bonds is 4. The van der Waals surface area contributed by atoms with Crippen LogP contribution >= 0.6 is 0 Å². The minimum Gasteiger partial charge on any atom is -0.493 e. The molecule has 1 N–H and O–H groups in total. The Morgan fingerprint density at radius 1 is 1.04 bits per heavy atom. The molecule has 0 aliphatic carbocycles. The van der Waals surface area contributed by atoms with Gasteiger partial charge in [0.25, 0.3) is 5.91 Å². The molecule has 2 aromatic heterocycles. The highest BCUT2D eigenvalue weighted by atomic mass is 16.5. The van der Waals surface area contributed by atoms with Crippen LogP contribution in [0, 0.1) is 0 Å². The van der Waals surface area contributed by atoms with E-state index >= 15 is 0 Å². The lowest BCUT2D eigenvalue weighted by Gasteiger charge is -2.05. The topological polar surface area (TPSA) is 81.9 Å². The Morgan fingerprint density at radius 3 is 2.58 bits per heavy atom. The highest BCUT2D eigenvalue weighted by Crippen LogP contribution is 2.22. The summed E-state index contributed by atoms with van der Waals surface area (Å²) in [6.45, 7) is 0. The fraction of sp³-hybridized carbons (Fsp3) is 0.0526. The summed E-state index contributed by atoms with van der Waals surface area (Å²) in [6.07, 6.45) is 4.91. The Kier molecular flexibility index (Phi) is 4.03. The van der Waals surface area contributed by atoms with Gasteiger partial charge in [-0.2, -0.15) is 5.10 Å². The van der Waals surface area contributed by atoms with E-state index in [1.54, 1.807) is 41.5 Å². The second-order valence-corrected chi connectivity index (χ2v) is 5.54. The summed E-state index contributed by atoms with van der Waals surface area (Å²) < 4.78 is 6.92. The fourth-order valence-electron chi connectivity index (χ4n) is 2.61. The van der Waals surface area contributed by atoms with Gasteiger partial charge in [0.2, 0.25) is 0 Å². The zero-order chi connectivity index (χ0) is 17.9. The summed E-state index contributed by atoms with van der Waals surface area (Å²) >= 11 is 0. The van der Waals surface area contributed by atoms with E-state index in [0.29, 0.717) is 17.0 Å². The first-order chi connectivity index (χ1) is 12.7. The van der Waals surface area contributed by atoms with Crippen LogP contribution in [0.5, 0.6) is 5.75 Å². The number of benzene rings is 2. The second-order valence-electron chi connectivity index (χ2n) is 5.54. The molecular formula is C19H15N5O2. The van der Waals surface area contributed by atoms with Gasteiger partial charge < -0.3 is 10.1 Å². The van der Waals surface area contributed by atoms with Crippen LogP contribution < -0.4 is 10.1 Å². The smallest absolute Gasteiger partial charge is 0.280 e. The van der Waals surface area contributed by atoms with Gasteiger partial charge in [-0.25, -0.2) is 4.68 Å². The maximum atomic E-state index is 12.7. The number of carbonyl (C=O) groups is 1. The quantitative estimate of drug-likeness (QED) is 0.615. The van der Waals surface area contributed by atoms with Crippen molar-refractivity contribution in [3.63, 3.8) is 0 Å². The first kappa shape index (κ1) is 15.8. The summed E-state index contributed by atoms with van der Waals surface area (Å²) in [6, 6.07) is 14.9. The third-order valence-electron chi connectivity index (χ3n) is 3.86. The van der Waals surface area contributed by atoms with E-state index in [2.05, 4.69) is 20.4 Å². The molecule has 0 fully saturated rings. The SMILES string of the molecule is COc1cn(-c2ccccc2)nc1C(=O)Nc1ccc2nccnc2c1. The minimum atomic E-state index is -0.361. The molecule has 0 saturated heterocycles. The van der Waals surface area contributed by atoms with Gasteiger partial charge in [0.05, 0.1) is 30.0 Å². The molecule has 128 valence electrons. The molecular weight excluding hydrogens is 330 g/mol. The van der Waals surface area contributed by atoms with E-state index in [1.165, 1.54) is 7.11 Å². The van der Waals surface area contributed by atoms with Crippen LogP contribution in [0.2, 0.25) is 0 Å². The van der Waals surface area contributed by atoms with Crippen molar-refractivity contribution in [2.75, 3.05) is 12.4 Å². The van der Waals surface area contributed by atoms with Crippen molar-refractivity contribution >= 4 is 22.6 Å². The van der Waals surface area contributed by atoms with Crippen molar-refractivity contribution in [1.82, 2.24) is 19.7 Å². The second kappa shape index (κ2) is 6.64. The molecule has 4 rings (SSSR count). The lowest BCUT2D eigenvalue weighted by molar-refractivity contribution is 0.101. The highest BCUT2D eigenvalue weighted by Gasteiger charge is 2.18. The molecule has 0 bridgehead atoms. The average Bonchev–Trinajstić information content (AvgIpc) is 3.13. The maximum Gasteiger partial charge on any atom is 0.280 e. The van der Waals surface area contributed by atoms with E-state index in [4.69, 9.17) is 4.74 Å². The number of hydrogen-bond acceptors (Lipinski definition) is 5. The van der Waals surface area contributed by atoms with Crippen LogP contribution in [0.25, 0.3) is 16.7 Å². The summed E-state index contributed by atoms with van der Waals surface area (Å²) in [5.74, 6) is 0.0340. The molecule has 0 saturated carbocycles. The van der Waals surface area contributed by atoms with Crippen molar-refractivity contribution in [3.8, 4) is 11.4 Å². The van der Waals surface area contributed by atoms with E-state index in [-0.39, 0.29) is 11.6 Å². The molecule has 26 heavy (non-hydrogen) atoms. The molecule has 0 spiro atoms. The molecule has 0 radical (unpaired) electrons. The zero-order valence-electron chi connectivity index (χ0n) is 14.0. The van der Waals surface area contributed by atoms with Crippen molar-refractivity contribution in [2.45, 2.75) is 0 Å². The fourth-order valence-corrected chi connectivity index (χ4v) is 2.61. The lowest BCUT2D eigenvalue weighted by Crippen LogP contribution is -2.14. The van der Waals surface area contributed by atoms with Crippen LogP contribution in [0.15, 0.2) is 67.1 Å². The molecule has 1 amide bonds. The van der Waals surface area contributed by atoms with Gasteiger partial charge >= 0.3 is 0 Å². The number of methoxy groups -OCH3 is 1. The minimum absolute atomic E-state index is 0.204. The largest absolute Gasteiger partial charge is 0.493 e. The number of hydrogen-bond donors (Lipinski definition) is 1. The monoisotopic (exact) mass is 345 g/mol. The Bertz CT molecular complexity index is 1080. The van der Waals surface area contributed by atoms with Crippen LogP contribution in [0.4, 0.5) is 5.69 Å². The molecule has 0 unspecified atom stereocenters. The first-order valence-electron chi connectivity index (χ1n) is 7.96. The first-order valence-corrected chi connectivity index (χ1v) is 7.96. The zero-order valence-corrected chi connectivity index (χ0v) is 14.0. The summed E-state index contributed by atoms with van der Waals surface area (Å²) in [5.41, 5.74) is 3.12. The predicted octanol–water partition coefficient (Wildman–Crippen LogP) is 3.08. The molecule has 4 aromatic rings. The summed E-state index contributed by atoms with van der Waals surface area (Å²) in [4.78, 5) is 21.1. The van der Waals surface area contributed by atoms with Gasteiger partial charge in [-0.15, -0.1) is 0 Å². The lowest BCUT2D eigenvalue weighted by atomic mass is 10.2. The predicted molar refractivity (Wildman–Crippen MR) is 97.6 cm³/mol. The van der Waals surface area contributed by atoms with Crippen LogP contribution in [-0.4, -0.2) is 32.8 Å². The number of nitrogens with one attached hydrogen (secondary N) is 1. The normalized spacial score (nSPS) is 10.7. The number of anilines is 1. The third kappa shape index (κ3) is 2.98. The molecule has 0 aliphatic heterocycles.